The van der Waals surface area contributed by atoms with Crippen molar-refractivity contribution in [3.05, 3.63) is 33.8 Å². The average molecular weight is 390 g/mol. The van der Waals surface area contributed by atoms with E-state index in [0.717, 1.165) is 42.7 Å². The Morgan fingerprint density at radius 1 is 1.08 bits per heavy atom. The zero-order chi connectivity index (χ0) is 17.7. The van der Waals surface area contributed by atoms with Crippen LogP contribution in [-0.4, -0.2) is 22.9 Å². The summed E-state index contributed by atoms with van der Waals surface area (Å²) in [5, 5.41) is 1.35. The van der Waals surface area contributed by atoms with Crippen LogP contribution in [0.4, 0.5) is 0 Å². The van der Waals surface area contributed by atoms with Gasteiger partial charge < -0.3 is 4.90 Å². The van der Waals surface area contributed by atoms with Crippen LogP contribution in [0.3, 0.4) is 0 Å². The number of benzene rings is 1. The van der Waals surface area contributed by atoms with Crippen molar-refractivity contribution in [3.8, 4) is 0 Å². The lowest BCUT2D eigenvalue weighted by Crippen LogP contribution is -2.67. The number of rotatable bonds is 3. The molecule has 3 bridgehead atoms. The molecule has 1 aromatic carbocycles. The molecule has 5 aliphatic rings. The highest BCUT2D eigenvalue weighted by Crippen LogP contribution is 2.79. The largest absolute Gasteiger partial charge is 0.336 e. The van der Waals surface area contributed by atoms with Gasteiger partial charge in [0.1, 0.15) is 0 Å². The van der Waals surface area contributed by atoms with Crippen LogP contribution in [0.15, 0.2) is 18.2 Å². The molecule has 1 saturated heterocycles. The summed E-state index contributed by atoms with van der Waals surface area (Å²) in [6.45, 7) is 0.959. The van der Waals surface area contributed by atoms with E-state index in [9.17, 15) is 4.79 Å². The van der Waals surface area contributed by atoms with E-state index in [4.69, 9.17) is 23.2 Å². The molecular weight excluding hydrogens is 365 g/mol. The number of nitrogens with zero attached hydrogens (tertiary/aromatic N) is 1. The molecular formula is C22H25Cl2NO. The zero-order valence-corrected chi connectivity index (χ0v) is 16.5. The number of fused-ring (bicyclic) bond motifs is 2. The SMILES string of the molecule is O=C1C(Cc2ccc(Cl)cc2Cl)CCN1C12CC3CC4CC(C1)C2(C4)C3. The first kappa shape index (κ1) is 16.2. The third kappa shape index (κ3) is 1.88. The van der Waals surface area contributed by atoms with Crippen LogP contribution in [0.2, 0.25) is 10.0 Å². The van der Waals surface area contributed by atoms with E-state index in [1.54, 1.807) is 6.07 Å². The highest BCUT2D eigenvalue weighted by atomic mass is 35.5. The van der Waals surface area contributed by atoms with Crippen LogP contribution in [0.5, 0.6) is 0 Å². The Kier molecular flexibility index (Phi) is 3.25. The van der Waals surface area contributed by atoms with E-state index < -0.39 is 0 Å². The fourth-order valence-electron chi connectivity index (χ4n) is 8.13. The lowest BCUT2D eigenvalue weighted by molar-refractivity contribution is -0.162. The first-order chi connectivity index (χ1) is 12.5. The van der Waals surface area contributed by atoms with Gasteiger partial charge in [0.15, 0.2) is 0 Å². The van der Waals surface area contributed by atoms with E-state index in [-0.39, 0.29) is 11.5 Å². The van der Waals surface area contributed by atoms with Gasteiger partial charge in [-0.05, 0) is 92.2 Å². The van der Waals surface area contributed by atoms with Gasteiger partial charge >= 0.3 is 0 Å². The van der Waals surface area contributed by atoms with Crippen molar-refractivity contribution in [2.45, 2.75) is 56.9 Å². The second-order valence-corrected chi connectivity index (χ2v) is 10.7. The van der Waals surface area contributed by atoms with Gasteiger partial charge in [-0.3, -0.25) is 4.79 Å². The quantitative estimate of drug-likeness (QED) is 0.681. The molecule has 1 heterocycles. The van der Waals surface area contributed by atoms with Crippen molar-refractivity contribution in [1.82, 2.24) is 4.90 Å². The first-order valence-corrected chi connectivity index (χ1v) is 11.0. The Balaban J connectivity index is 1.26. The van der Waals surface area contributed by atoms with Gasteiger partial charge in [-0.15, -0.1) is 0 Å². The molecule has 2 nitrogen and oxygen atoms in total. The second kappa shape index (κ2) is 5.20. The van der Waals surface area contributed by atoms with Crippen molar-refractivity contribution in [2.24, 2.45) is 29.1 Å². The Hall–Kier alpha value is -0.730. The molecule has 0 radical (unpaired) electrons. The average Bonchev–Trinajstić information content (AvgIpc) is 3.11. The second-order valence-electron chi connectivity index (χ2n) is 9.82. The number of halogens is 2. The zero-order valence-electron chi connectivity index (χ0n) is 15.0. The van der Waals surface area contributed by atoms with E-state index in [1.165, 1.54) is 38.5 Å². The van der Waals surface area contributed by atoms with Gasteiger partial charge in [0, 0.05) is 28.0 Å². The monoisotopic (exact) mass is 389 g/mol. The number of hydrogen-bond donors (Lipinski definition) is 0. The van der Waals surface area contributed by atoms with Crippen molar-refractivity contribution in [3.63, 3.8) is 0 Å². The van der Waals surface area contributed by atoms with Crippen LogP contribution in [0.25, 0.3) is 0 Å². The Bertz CT molecular complexity index is 803. The lowest BCUT2D eigenvalue weighted by atomic mass is 9.50. The molecule has 4 saturated carbocycles. The maximum absolute atomic E-state index is 13.4. The molecule has 4 aliphatic carbocycles. The lowest BCUT2D eigenvalue weighted by Gasteiger charge is -2.63. The highest BCUT2D eigenvalue weighted by Gasteiger charge is 2.77. The minimum Gasteiger partial charge on any atom is -0.336 e. The standard InChI is InChI=1S/C22H25Cl2NO/c23-18-2-1-15(19(24)8-18)7-16-3-4-25(20(16)26)22-11-14-5-13-6-17(12-22)21(22,9-13)10-14/h1-2,8,13-14,16-17H,3-7,9-12H2. The molecule has 5 fully saturated rings. The minimum absolute atomic E-state index is 0.0937. The number of amides is 1. The molecule has 0 N–H and O–H groups in total. The van der Waals surface area contributed by atoms with Crippen LogP contribution >= 0.6 is 23.2 Å². The molecule has 1 amide bonds. The Morgan fingerprint density at radius 3 is 2.77 bits per heavy atom. The van der Waals surface area contributed by atoms with E-state index in [1.807, 2.05) is 12.1 Å². The van der Waals surface area contributed by atoms with Crippen LogP contribution < -0.4 is 0 Å². The molecule has 6 unspecified atom stereocenters. The van der Waals surface area contributed by atoms with E-state index in [0.29, 0.717) is 21.4 Å². The van der Waals surface area contributed by atoms with Gasteiger partial charge in [0.05, 0.1) is 0 Å². The molecule has 6 rings (SSSR count). The summed E-state index contributed by atoms with van der Waals surface area (Å²) >= 11 is 12.4. The summed E-state index contributed by atoms with van der Waals surface area (Å²) in [5.41, 5.74) is 1.79. The van der Waals surface area contributed by atoms with E-state index in [2.05, 4.69) is 4.90 Å². The molecule has 1 aliphatic heterocycles. The smallest absolute Gasteiger partial charge is 0.226 e. The summed E-state index contributed by atoms with van der Waals surface area (Å²) < 4.78 is 0. The van der Waals surface area contributed by atoms with Gasteiger partial charge in [-0.2, -0.15) is 0 Å². The maximum Gasteiger partial charge on any atom is 0.226 e. The van der Waals surface area contributed by atoms with Crippen molar-refractivity contribution < 1.29 is 4.79 Å². The molecule has 0 aromatic heterocycles. The summed E-state index contributed by atoms with van der Waals surface area (Å²) in [4.78, 5) is 15.8. The fraction of sp³-hybridized carbons (Fsp3) is 0.682. The normalized spacial score (nSPS) is 45.3. The Morgan fingerprint density at radius 2 is 1.92 bits per heavy atom. The predicted octanol–water partition coefficient (Wildman–Crippen LogP) is 5.35. The fourth-order valence-corrected chi connectivity index (χ4v) is 8.61. The molecule has 138 valence electrons. The van der Waals surface area contributed by atoms with Crippen LogP contribution in [-0.2, 0) is 11.2 Å². The minimum atomic E-state index is 0.0937. The molecule has 6 atom stereocenters. The summed E-state index contributed by atoms with van der Waals surface area (Å²) in [5.74, 6) is 3.26. The highest BCUT2D eigenvalue weighted by molar-refractivity contribution is 6.35. The van der Waals surface area contributed by atoms with Crippen molar-refractivity contribution >= 4 is 29.1 Å². The summed E-state index contributed by atoms with van der Waals surface area (Å²) in [6.07, 6.45) is 10.0. The maximum atomic E-state index is 13.4. The summed E-state index contributed by atoms with van der Waals surface area (Å²) in [6, 6.07) is 5.66. The number of hydrogen-bond acceptors (Lipinski definition) is 1. The van der Waals surface area contributed by atoms with Gasteiger partial charge in [0.25, 0.3) is 0 Å². The third-order valence-electron chi connectivity index (χ3n) is 8.82. The molecule has 1 aromatic rings. The Labute approximate surface area is 165 Å². The number of carbonyl (C=O) groups excluding carboxylic acids is 1. The molecule has 4 heteroatoms. The number of likely N-dealkylation sites (tertiary alicyclic amines) is 1. The first-order valence-electron chi connectivity index (χ1n) is 10.3. The van der Waals surface area contributed by atoms with Crippen molar-refractivity contribution in [2.75, 3.05) is 6.54 Å². The van der Waals surface area contributed by atoms with E-state index >= 15 is 0 Å². The van der Waals surface area contributed by atoms with Crippen LogP contribution in [0, 0.1) is 29.1 Å². The predicted molar refractivity (Wildman–Crippen MR) is 103 cm³/mol. The van der Waals surface area contributed by atoms with Gasteiger partial charge in [-0.25, -0.2) is 0 Å². The third-order valence-corrected chi connectivity index (χ3v) is 9.41. The number of carbonyl (C=O) groups is 1. The van der Waals surface area contributed by atoms with Gasteiger partial charge in [0.2, 0.25) is 5.91 Å². The molecule has 1 spiro atoms. The topological polar surface area (TPSA) is 20.3 Å². The summed E-state index contributed by atoms with van der Waals surface area (Å²) in [7, 11) is 0. The molecule has 26 heavy (non-hydrogen) atoms. The van der Waals surface area contributed by atoms with Crippen LogP contribution in [0.1, 0.15) is 50.5 Å². The van der Waals surface area contributed by atoms with Gasteiger partial charge in [-0.1, -0.05) is 29.3 Å². The van der Waals surface area contributed by atoms with Crippen molar-refractivity contribution in [1.29, 1.82) is 0 Å².